The van der Waals surface area contributed by atoms with Crippen molar-refractivity contribution in [2.45, 2.75) is 26.2 Å². The Morgan fingerprint density at radius 1 is 1.19 bits per heavy atom. The first-order chi connectivity index (χ1) is 12.4. The first-order valence-electron chi connectivity index (χ1n) is 8.45. The summed E-state index contributed by atoms with van der Waals surface area (Å²) in [5.41, 5.74) is 2.21. The molecule has 0 saturated heterocycles. The van der Waals surface area contributed by atoms with Crippen LogP contribution in [0.15, 0.2) is 30.3 Å². The minimum Gasteiger partial charge on any atom is -0.480 e. The molecule has 2 amide bonds. The van der Waals surface area contributed by atoms with E-state index in [1.54, 1.807) is 35.6 Å². The predicted octanol–water partition coefficient (Wildman–Crippen LogP) is 2.94. The maximum atomic E-state index is 12.5. The lowest BCUT2D eigenvalue weighted by Crippen LogP contribution is -2.29. The number of carbonyl (C=O) groups excluding carboxylic acids is 2. The number of nitrogens with one attached hydrogen (secondary N) is 2. The Kier molecular flexibility index (Phi) is 5.37. The molecule has 1 heterocycles. The summed E-state index contributed by atoms with van der Waals surface area (Å²) in [5, 5.41) is 13.7. The molecule has 0 spiro atoms. The Morgan fingerprint density at radius 2 is 1.92 bits per heavy atom. The monoisotopic (exact) mass is 372 g/mol. The van der Waals surface area contributed by atoms with Crippen molar-refractivity contribution >= 4 is 34.8 Å². The van der Waals surface area contributed by atoms with Gasteiger partial charge >= 0.3 is 5.97 Å². The van der Waals surface area contributed by atoms with Gasteiger partial charge in [-0.2, -0.15) is 0 Å². The van der Waals surface area contributed by atoms with Gasteiger partial charge in [0.2, 0.25) is 0 Å². The van der Waals surface area contributed by atoms with Crippen LogP contribution in [-0.4, -0.2) is 29.4 Å². The summed E-state index contributed by atoms with van der Waals surface area (Å²) in [7, 11) is 0. The molecule has 6 nitrogen and oxygen atoms in total. The van der Waals surface area contributed by atoms with E-state index in [1.807, 2.05) is 6.07 Å². The van der Waals surface area contributed by atoms with Crippen molar-refractivity contribution in [2.24, 2.45) is 5.92 Å². The van der Waals surface area contributed by atoms with E-state index in [0.717, 1.165) is 12.8 Å². The highest BCUT2D eigenvalue weighted by Crippen LogP contribution is 2.32. The summed E-state index contributed by atoms with van der Waals surface area (Å²) in [5.74, 6) is -1.06. The average molecular weight is 372 g/mol. The standard InChI is InChI=1S/C19H20N2O4S/c1-11-2-7-15-13(8-11)9-16(26-15)19(25)21-14-5-3-12(4-6-14)18(24)20-10-17(22)23/h3-6,9,11H,2,7-8,10H2,1H3,(H,20,24)(H,21,25)(H,22,23). The van der Waals surface area contributed by atoms with E-state index in [4.69, 9.17) is 5.11 Å². The third-order valence-electron chi connectivity index (χ3n) is 4.36. The summed E-state index contributed by atoms with van der Waals surface area (Å²) in [6.07, 6.45) is 3.23. The molecule has 1 aliphatic carbocycles. The van der Waals surface area contributed by atoms with E-state index in [-0.39, 0.29) is 5.91 Å². The normalized spacial score (nSPS) is 15.8. The Balaban J connectivity index is 1.63. The van der Waals surface area contributed by atoms with Crippen LogP contribution in [0.2, 0.25) is 0 Å². The number of carboxylic acids is 1. The number of carbonyl (C=O) groups is 3. The Hall–Kier alpha value is -2.67. The van der Waals surface area contributed by atoms with E-state index < -0.39 is 18.4 Å². The number of rotatable bonds is 5. The van der Waals surface area contributed by atoms with Crippen molar-refractivity contribution in [1.82, 2.24) is 5.32 Å². The number of thiophene rings is 1. The quantitative estimate of drug-likeness (QED) is 0.752. The van der Waals surface area contributed by atoms with Crippen LogP contribution in [0.5, 0.6) is 0 Å². The topological polar surface area (TPSA) is 95.5 Å². The lowest BCUT2D eigenvalue weighted by atomic mass is 9.90. The molecule has 1 atom stereocenters. The molecule has 7 heteroatoms. The summed E-state index contributed by atoms with van der Waals surface area (Å²) in [4.78, 5) is 36.7. The fourth-order valence-electron chi connectivity index (χ4n) is 2.97. The van der Waals surface area contributed by atoms with Gasteiger partial charge in [-0.05, 0) is 61.1 Å². The molecular weight excluding hydrogens is 352 g/mol. The molecule has 1 aromatic carbocycles. The van der Waals surface area contributed by atoms with Crippen LogP contribution in [0, 0.1) is 5.92 Å². The Morgan fingerprint density at radius 3 is 2.62 bits per heavy atom. The van der Waals surface area contributed by atoms with Crippen LogP contribution in [0.3, 0.4) is 0 Å². The smallest absolute Gasteiger partial charge is 0.322 e. The minimum atomic E-state index is -1.10. The Labute approximate surface area is 155 Å². The summed E-state index contributed by atoms with van der Waals surface area (Å²) >= 11 is 1.55. The van der Waals surface area contributed by atoms with E-state index in [0.29, 0.717) is 22.0 Å². The van der Waals surface area contributed by atoms with Crippen molar-refractivity contribution in [3.05, 3.63) is 51.2 Å². The van der Waals surface area contributed by atoms with E-state index in [2.05, 4.69) is 17.6 Å². The number of benzene rings is 1. The molecule has 0 bridgehead atoms. The van der Waals surface area contributed by atoms with Gasteiger partial charge in [0.1, 0.15) is 6.54 Å². The summed E-state index contributed by atoms with van der Waals surface area (Å²) in [6.45, 7) is 1.80. The SMILES string of the molecule is CC1CCc2sc(C(=O)Nc3ccc(C(=O)NCC(=O)O)cc3)cc2C1. The van der Waals surface area contributed by atoms with Crippen molar-refractivity contribution in [3.8, 4) is 0 Å². The average Bonchev–Trinajstić information content (AvgIpc) is 3.03. The number of fused-ring (bicyclic) bond motifs is 1. The molecule has 3 rings (SSSR count). The highest BCUT2D eigenvalue weighted by atomic mass is 32.1. The summed E-state index contributed by atoms with van der Waals surface area (Å²) in [6, 6.07) is 8.34. The van der Waals surface area contributed by atoms with Gasteiger partial charge < -0.3 is 15.7 Å². The zero-order valence-electron chi connectivity index (χ0n) is 14.4. The van der Waals surface area contributed by atoms with Crippen LogP contribution in [0.4, 0.5) is 5.69 Å². The first-order valence-corrected chi connectivity index (χ1v) is 9.27. The molecular formula is C19H20N2O4S. The number of anilines is 1. The van der Waals surface area contributed by atoms with Crippen LogP contribution in [0.1, 0.15) is 43.8 Å². The molecule has 0 fully saturated rings. The molecule has 0 saturated carbocycles. The van der Waals surface area contributed by atoms with Gasteiger partial charge in [-0.25, -0.2) is 0 Å². The second kappa shape index (κ2) is 7.70. The number of hydrogen-bond acceptors (Lipinski definition) is 4. The minimum absolute atomic E-state index is 0.153. The predicted molar refractivity (Wildman–Crippen MR) is 99.9 cm³/mol. The molecule has 1 aromatic heterocycles. The highest BCUT2D eigenvalue weighted by Gasteiger charge is 2.20. The van der Waals surface area contributed by atoms with Gasteiger partial charge in [-0.3, -0.25) is 14.4 Å². The molecule has 3 N–H and O–H groups in total. The van der Waals surface area contributed by atoms with E-state index in [1.165, 1.54) is 16.9 Å². The van der Waals surface area contributed by atoms with Crippen LogP contribution >= 0.6 is 11.3 Å². The first kappa shape index (κ1) is 18.1. The number of aryl methyl sites for hydroxylation is 1. The highest BCUT2D eigenvalue weighted by molar-refractivity contribution is 7.14. The largest absolute Gasteiger partial charge is 0.480 e. The molecule has 0 radical (unpaired) electrons. The zero-order chi connectivity index (χ0) is 18.7. The van der Waals surface area contributed by atoms with Crippen molar-refractivity contribution in [2.75, 3.05) is 11.9 Å². The van der Waals surface area contributed by atoms with Gasteiger partial charge in [-0.1, -0.05) is 6.92 Å². The number of hydrogen-bond donors (Lipinski definition) is 3. The third kappa shape index (κ3) is 4.29. The maximum absolute atomic E-state index is 12.5. The van der Waals surface area contributed by atoms with Gasteiger partial charge in [0.25, 0.3) is 11.8 Å². The molecule has 1 aliphatic rings. The molecule has 0 aliphatic heterocycles. The second-order valence-corrected chi connectivity index (χ2v) is 7.65. The second-order valence-electron chi connectivity index (χ2n) is 6.51. The van der Waals surface area contributed by atoms with Crippen LogP contribution in [-0.2, 0) is 17.6 Å². The fourth-order valence-corrected chi connectivity index (χ4v) is 4.08. The Bertz CT molecular complexity index is 842. The molecule has 1 unspecified atom stereocenters. The van der Waals surface area contributed by atoms with E-state index in [9.17, 15) is 14.4 Å². The van der Waals surface area contributed by atoms with Gasteiger partial charge in [0, 0.05) is 16.1 Å². The number of aliphatic carboxylic acids is 1. The van der Waals surface area contributed by atoms with Crippen molar-refractivity contribution in [1.29, 1.82) is 0 Å². The lowest BCUT2D eigenvalue weighted by molar-refractivity contribution is -0.135. The van der Waals surface area contributed by atoms with Crippen LogP contribution < -0.4 is 10.6 Å². The zero-order valence-corrected chi connectivity index (χ0v) is 15.2. The molecule has 136 valence electrons. The van der Waals surface area contributed by atoms with Gasteiger partial charge in [0.05, 0.1) is 4.88 Å². The third-order valence-corrected chi connectivity index (χ3v) is 5.59. The lowest BCUT2D eigenvalue weighted by Gasteiger charge is -2.16. The molecule has 26 heavy (non-hydrogen) atoms. The fraction of sp³-hybridized carbons (Fsp3) is 0.316. The maximum Gasteiger partial charge on any atom is 0.322 e. The summed E-state index contributed by atoms with van der Waals surface area (Å²) < 4.78 is 0. The van der Waals surface area contributed by atoms with Crippen molar-refractivity contribution in [3.63, 3.8) is 0 Å². The van der Waals surface area contributed by atoms with E-state index >= 15 is 0 Å². The van der Waals surface area contributed by atoms with Crippen LogP contribution in [0.25, 0.3) is 0 Å². The molecule has 2 aromatic rings. The number of carboxylic acid groups (broad SMARTS) is 1. The van der Waals surface area contributed by atoms with Gasteiger partial charge in [-0.15, -0.1) is 11.3 Å². The van der Waals surface area contributed by atoms with Gasteiger partial charge in [0.15, 0.2) is 0 Å². The van der Waals surface area contributed by atoms with Crippen molar-refractivity contribution < 1.29 is 19.5 Å². The number of amides is 2.